The van der Waals surface area contributed by atoms with Crippen LogP contribution in [0.2, 0.25) is 0 Å². The molecular formula is C9H14N2O. The van der Waals surface area contributed by atoms with Crippen molar-refractivity contribution in [2.24, 2.45) is 0 Å². The van der Waals surface area contributed by atoms with Gasteiger partial charge in [-0.1, -0.05) is 6.92 Å². The second-order valence-corrected chi connectivity index (χ2v) is 2.90. The Labute approximate surface area is 73.1 Å². The second-order valence-electron chi connectivity index (χ2n) is 2.90. The van der Waals surface area contributed by atoms with Crippen LogP contribution in [0.5, 0.6) is 0 Å². The molecule has 0 aromatic carbocycles. The molecule has 1 aliphatic heterocycles. The predicted octanol–water partition coefficient (Wildman–Crippen LogP) is 0.814. The molecular weight excluding hydrogens is 152 g/mol. The summed E-state index contributed by atoms with van der Waals surface area (Å²) < 4.78 is 0. The molecule has 2 amide bonds. The van der Waals surface area contributed by atoms with Crippen molar-refractivity contribution in [3.63, 3.8) is 0 Å². The highest BCUT2D eigenvalue weighted by Gasteiger charge is 2.25. The Hall–Kier alpha value is -1.17. The topological polar surface area (TPSA) is 32.3 Å². The third kappa shape index (κ3) is 1.70. The highest BCUT2D eigenvalue weighted by Crippen LogP contribution is 2.10. The van der Waals surface area contributed by atoms with Crippen molar-refractivity contribution in [2.45, 2.75) is 25.8 Å². The smallest absolute Gasteiger partial charge is 0.317 e. The average Bonchev–Trinajstić information content (AvgIpc) is 2.47. The van der Waals surface area contributed by atoms with E-state index in [1.165, 1.54) is 0 Å². The minimum absolute atomic E-state index is 0.0251. The first kappa shape index (κ1) is 8.92. The van der Waals surface area contributed by atoms with Gasteiger partial charge in [-0.15, -0.1) is 12.3 Å². The summed E-state index contributed by atoms with van der Waals surface area (Å²) in [5.74, 6) is 2.59. The molecule has 12 heavy (non-hydrogen) atoms. The lowest BCUT2D eigenvalue weighted by Gasteiger charge is -2.23. The van der Waals surface area contributed by atoms with Gasteiger partial charge in [-0.25, -0.2) is 4.79 Å². The summed E-state index contributed by atoms with van der Waals surface area (Å²) in [4.78, 5) is 13.0. The van der Waals surface area contributed by atoms with Crippen molar-refractivity contribution in [2.75, 3.05) is 13.1 Å². The Morgan fingerprint density at radius 2 is 2.58 bits per heavy atom. The number of nitrogens with one attached hydrogen (secondary N) is 1. The van der Waals surface area contributed by atoms with E-state index in [-0.39, 0.29) is 12.1 Å². The van der Waals surface area contributed by atoms with E-state index >= 15 is 0 Å². The molecule has 3 nitrogen and oxygen atoms in total. The maximum atomic E-state index is 11.2. The van der Waals surface area contributed by atoms with Crippen molar-refractivity contribution in [1.29, 1.82) is 0 Å². The van der Waals surface area contributed by atoms with E-state index in [1.807, 2.05) is 11.8 Å². The van der Waals surface area contributed by atoms with Crippen LogP contribution in [-0.2, 0) is 0 Å². The zero-order chi connectivity index (χ0) is 8.97. The van der Waals surface area contributed by atoms with Crippen molar-refractivity contribution >= 4 is 6.03 Å². The zero-order valence-corrected chi connectivity index (χ0v) is 7.34. The molecule has 66 valence electrons. The Balaban J connectivity index is 2.53. The largest absolute Gasteiger partial charge is 0.336 e. The first-order chi connectivity index (χ1) is 5.79. The van der Waals surface area contributed by atoms with Gasteiger partial charge in [-0.2, -0.15) is 0 Å². The molecule has 1 N–H and O–H groups in total. The summed E-state index contributed by atoms with van der Waals surface area (Å²) >= 11 is 0. The van der Waals surface area contributed by atoms with Crippen LogP contribution in [0.4, 0.5) is 4.79 Å². The summed E-state index contributed by atoms with van der Waals surface area (Å²) in [6.07, 6.45) is 6.79. The molecule has 1 heterocycles. The fourth-order valence-electron chi connectivity index (χ4n) is 1.45. The number of amides is 2. The van der Waals surface area contributed by atoms with Crippen LogP contribution < -0.4 is 5.32 Å². The van der Waals surface area contributed by atoms with Gasteiger partial charge in [-0.3, -0.25) is 0 Å². The maximum Gasteiger partial charge on any atom is 0.317 e. The number of hydrogen-bond donors (Lipinski definition) is 1. The number of rotatable bonds is 3. The van der Waals surface area contributed by atoms with Gasteiger partial charge < -0.3 is 10.2 Å². The number of nitrogens with zero attached hydrogens (tertiary/aromatic N) is 1. The van der Waals surface area contributed by atoms with Gasteiger partial charge in [0.2, 0.25) is 0 Å². The molecule has 0 saturated carbocycles. The number of carbonyl (C=O) groups excluding carboxylic acids is 1. The average molecular weight is 166 g/mol. The van der Waals surface area contributed by atoms with E-state index in [9.17, 15) is 4.79 Å². The van der Waals surface area contributed by atoms with E-state index in [2.05, 4.69) is 11.2 Å². The fraction of sp³-hybridized carbons (Fsp3) is 0.667. The van der Waals surface area contributed by atoms with Crippen LogP contribution in [0.25, 0.3) is 0 Å². The molecule has 1 atom stereocenters. The van der Waals surface area contributed by atoms with Gasteiger partial charge in [-0.05, 0) is 6.42 Å². The molecule has 1 aliphatic rings. The summed E-state index contributed by atoms with van der Waals surface area (Å²) in [5, 5.41) is 2.76. The third-order valence-electron chi connectivity index (χ3n) is 2.16. The van der Waals surface area contributed by atoms with Gasteiger partial charge >= 0.3 is 6.03 Å². The van der Waals surface area contributed by atoms with Crippen LogP contribution in [0.15, 0.2) is 0 Å². The number of urea groups is 1. The summed E-state index contributed by atoms with van der Waals surface area (Å²) in [7, 11) is 0. The molecule has 0 bridgehead atoms. The predicted molar refractivity (Wildman–Crippen MR) is 47.6 cm³/mol. The van der Waals surface area contributed by atoms with Crippen molar-refractivity contribution < 1.29 is 4.79 Å². The van der Waals surface area contributed by atoms with E-state index in [1.54, 1.807) is 0 Å². The molecule has 1 rings (SSSR count). The van der Waals surface area contributed by atoms with Gasteiger partial charge in [0.1, 0.15) is 0 Å². The molecule has 0 aromatic heterocycles. The number of terminal acetylenes is 1. The molecule has 3 heteroatoms. The number of carbonyl (C=O) groups is 1. The third-order valence-corrected chi connectivity index (χ3v) is 2.16. The van der Waals surface area contributed by atoms with Crippen molar-refractivity contribution in [3.8, 4) is 12.3 Å². The minimum Gasteiger partial charge on any atom is -0.336 e. The van der Waals surface area contributed by atoms with Crippen LogP contribution in [0, 0.1) is 12.3 Å². The Morgan fingerprint density at radius 1 is 1.83 bits per heavy atom. The van der Waals surface area contributed by atoms with Gasteiger partial charge in [0.15, 0.2) is 0 Å². The maximum absolute atomic E-state index is 11.2. The molecule has 0 spiro atoms. The van der Waals surface area contributed by atoms with Crippen LogP contribution in [0.1, 0.15) is 19.8 Å². The lowest BCUT2D eigenvalue weighted by Crippen LogP contribution is -2.37. The molecule has 0 radical (unpaired) electrons. The number of hydrogen-bond acceptors (Lipinski definition) is 1. The monoisotopic (exact) mass is 166 g/mol. The molecule has 0 aromatic rings. The molecule has 1 saturated heterocycles. The quantitative estimate of drug-likeness (QED) is 0.618. The normalized spacial score (nSPS) is 18.7. The Morgan fingerprint density at radius 3 is 3.00 bits per heavy atom. The van der Waals surface area contributed by atoms with Gasteiger partial charge in [0, 0.05) is 25.6 Å². The summed E-state index contributed by atoms with van der Waals surface area (Å²) in [6, 6.07) is 0.245. The standard InChI is InChI=1S/C9H14N2O/c1-3-5-8(4-2)11-7-6-10-9(11)12/h1,8H,4-7H2,2H3,(H,10,12). The van der Waals surface area contributed by atoms with Crippen LogP contribution >= 0.6 is 0 Å². The first-order valence-corrected chi connectivity index (χ1v) is 4.27. The first-order valence-electron chi connectivity index (χ1n) is 4.27. The summed E-state index contributed by atoms with van der Waals surface area (Å²) in [5.41, 5.74) is 0. The van der Waals surface area contributed by atoms with Crippen LogP contribution in [-0.4, -0.2) is 30.1 Å². The Bertz CT molecular complexity index is 207. The van der Waals surface area contributed by atoms with Crippen LogP contribution in [0.3, 0.4) is 0 Å². The highest BCUT2D eigenvalue weighted by atomic mass is 16.2. The molecule has 1 fully saturated rings. The van der Waals surface area contributed by atoms with E-state index in [4.69, 9.17) is 6.42 Å². The van der Waals surface area contributed by atoms with Gasteiger partial charge in [0.25, 0.3) is 0 Å². The second kappa shape index (κ2) is 4.01. The fourth-order valence-corrected chi connectivity index (χ4v) is 1.45. The molecule has 0 aliphatic carbocycles. The lowest BCUT2D eigenvalue weighted by molar-refractivity contribution is 0.197. The minimum atomic E-state index is 0.0251. The van der Waals surface area contributed by atoms with Gasteiger partial charge in [0.05, 0.1) is 0 Å². The molecule has 1 unspecified atom stereocenters. The van der Waals surface area contributed by atoms with Crippen molar-refractivity contribution in [3.05, 3.63) is 0 Å². The van der Waals surface area contributed by atoms with Crippen molar-refractivity contribution in [1.82, 2.24) is 10.2 Å². The SMILES string of the molecule is C#CCC(CC)N1CCNC1=O. The lowest BCUT2D eigenvalue weighted by atomic mass is 10.1. The highest BCUT2D eigenvalue weighted by molar-refractivity contribution is 5.76. The zero-order valence-electron chi connectivity index (χ0n) is 7.34. The van der Waals surface area contributed by atoms with E-state index in [0.29, 0.717) is 6.42 Å². The van der Waals surface area contributed by atoms with E-state index < -0.39 is 0 Å². The Kier molecular flexibility index (Phi) is 2.98. The van der Waals surface area contributed by atoms with E-state index in [0.717, 1.165) is 19.5 Å². The summed E-state index contributed by atoms with van der Waals surface area (Å²) in [6.45, 7) is 3.59.